The number of fused-ring (bicyclic) bond motifs is 1. The van der Waals surface area contributed by atoms with E-state index in [1.54, 1.807) is 35.2 Å². The number of anilines is 2. The summed E-state index contributed by atoms with van der Waals surface area (Å²) in [5, 5.41) is 7.45. The molecule has 9 nitrogen and oxygen atoms in total. The highest BCUT2D eigenvalue weighted by molar-refractivity contribution is 5.98. The number of hydrogen-bond acceptors (Lipinski definition) is 7. The maximum Gasteiger partial charge on any atom is 0.416 e. The monoisotopic (exact) mass is 554 g/mol. The number of alkyl halides is 3. The Hall–Kier alpha value is -4.35. The zero-order valence-corrected chi connectivity index (χ0v) is 22.2. The average Bonchev–Trinajstić information content (AvgIpc) is 3.38. The van der Waals surface area contributed by atoms with Crippen LogP contribution in [0.5, 0.6) is 5.75 Å². The molecule has 0 aliphatic carbocycles. The number of aromatic nitrogens is 3. The van der Waals surface area contributed by atoms with E-state index in [1.165, 1.54) is 6.07 Å². The zero-order valence-electron chi connectivity index (χ0n) is 22.2. The summed E-state index contributed by atoms with van der Waals surface area (Å²) in [7, 11) is 0. The Morgan fingerprint density at radius 2 is 1.80 bits per heavy atom. The van der Waals surface area contributed by atoms with Gasteiger partial charge in [0.25, 0.3) is 5.71 Å². The first-order chi connectivity index (χ1) is 19.3. The second-order valence-electron chi connectivity index (χ2n) is 9.36. The van der Waals surface area contributed by atoms with Gasteiger partial charge in [-0.1, -0.05) is 24.2 Å². The molecule has 1 saturated heterocycles. The SMILES string of the molecule is CCCc1nc(N2CCN(C(=O)Nc3ccc(OCC)cc3)CC2)c2c(-c3cccc(C(F)(F)F)c3)noc2n1. The van der Waals surface area contributed by atoms with Crippen molar-refractivity contribution in [2.24, 2.45) is 0 Å². The van der Waals surface area contributed by atoms with Crippen molar-refractivity contribution >= 4 is 28.6 Å². The van der Waals surface area contributed by atoms with Gasteiger partial charge in [-0.3, -0.25) is 0 Å². The summed E-state index contributed by atoms with van der Waals surface area (Å²) in [5.41, 5.74) is 0.604. The Bertz CT molecular complexity index is 1480. The van der Waals surface area contributed by atoms with E-state index in [2.05, 4.69) is 15.5 Å². The first kappa shape index (κ1) is 27.2. The number of urea groups is 1. The van der Waals surface area contributed by atoms with Gasteiger partial charge < -0.3 is 24.4 Å². The number of hydrogen-bond donors (Lipinski definition) is 1. The second kappa shape index (κ2) is 11.4. The van der Waals surface area contributed by atoms with Gasteiger partial charge in [-0.05, 0) is 49.7 Å². The molecule has 40 heavy (non-hydrogen) atoms. The zero-order chi connectivity index (χ0) is 28.3. The van der Waals surface area contributed by atoms with Crippen molar-refractivity contribution < 1.29 is 27.2 Å². The molecule has 12 heteroatoms. The Kier molecular flexibility index (Phi) is 7.76. The molecular weight excluding hydrogens is 525 g/mol. The molecule has 210 valence electrons. The number of nitrogens with one attached hydrogen (secondary N) is 1. The van der Waals surface area contributed by atoms with Crippen LogP contribution in [0.1, 0.15) is 31.7 Å². The smallest absolute Gasteiger partial charge is 0.416 e. The number of nitrogens with zero attached hydrogens (tertiary/aromatic N) is 5. The van der Waals surface area contributed by atoms with Crippen LogP contribution in [0.4, 0.5) is 29.5 Å². The Morgan fingerprint density at radius 3 is 2.48 bits per heavy atom. The minimum absolute atomic E-state index is 0.219. The van der Waals surface area contributed by atoms with E-state index in [1.807, 2.05) is 18.7 Å². The third-order valence-electron chi connectivity index (χ3n) is 6.58. The molecule has 0 radical (unpaired) electrons. The maximum atomic E-state index is 13.4. The number of amides is 2. The molecule has 1 aliphatic heterocycles. The molecule has 0 atom stereocenters. The number of carbonyl (C=O) groups is 1. The number of carbonyl (C=O) groups excluding carboxylic acids is 1. The van der Waals surface area contributed by atoms with Gasteiger partial charge in [-0.25, -0.2) is 9.78 Å². The first-order valence-corrected chi connectivity index (χ1v) is 13.1. The summed E-state index contributed by atoms with van der Waals surface area (Å²) in [5.74, 6) is 1.83. The fraction of sp³-hybridized carbons (Fsp3) is 0.357. The van der Waals surface area contributed by atoms with Gasteiger partial charge in [0, 0.05) is 43.9 Å². The molecular formula is C28H29F3N6O3. The van der Waals surface area contributed by atoms with E-state index in [0.29, 0.717) is 61.9 Å². The molecule has 1 aliphatic rings. The standard InChI is InChI=1S/C28H29F3N6O3/c1-3-6-22-33-25(23-24(35-40-26(23)34-22)18-7-5-8-19(17-18)28(29,30)31)36-13-15-37(16-14-36)27(38)32-20-9-11-21(12-10-20)39-4-2/h5,7-12,17H,3-4,6,13-16H2,1-2H3,(H,32,38). The second-order valence-corrected chi connectivity index (χ2v) is 9.36. The molecule has 0 spiro atoms. The van der Waals surface area contributed by atoms with E-state index in [4.69, 9.17) is 14.2 Å². The van der Waals surface area contributed by atoms with Crippen LogP contribution in [-0.4, -0.2) is 58.8 Å². The van der Waals surface area contributed by atoms with E-state index in [0.717, 1.165) is 24.3 Å². The molecule has 4 aromatic rings. The van der Waals surface area contributed by atoms with Crippen molar-refractivity contribution in [1.29, 1.82) is 0 Å². The molecule has 2 amide bonds. The minimum Gasteiger partial charge on any atom is -0.494 e. The van der Waals surface area contributed by atoms with Gasteiger partial charge in [0.1, 0.15) is 28.5 Å². The highest BCUT2D eigenvalue weighted by Crippen LogP contribution is 2.37. The van der Waals surface area contributed by atoms with Gasteiger partial charge in [-0.2, -0.15) is 18.2 Å². The summed E-state index contributed by atoms with van der Waals surface area (Å²) in [4.78, 5) is 25.9. The van der Waals surface area contributed by atoms with Gasteiger partial charge in [0.2, 0.25) is 0 Å². The lowest BCUT2D eigenvalue weighted by Crippen LogP contribution is -2.50. The highest BCUT2D eigenvalue weighted by atomic mass is 19.4. The summed E-state index contributed by atoms with van der Waals surface area (Å²) < 4.78 is 51.1. The van der Waals surface area contributed by atoms with Crippen molar-refractivity contribution in [1.82, 2.24) is 20.0 Å². The summed E-state index contributed by atoms with van der Waals surface area (Å²) in [6, 6.07) is 11.9. The number of halogens is 3. The number of ether oxygens (including phenoxy) is 1. The van der Waals surface area contributed by atoms with E-state index in [-0.39, 0.29) is 23.0 Å². The van der Waals surface area contributed by atoms with Gasteiger partial charge >= 0.3 is 12.2 Å². The average molecular weight is 555 g/mol. The number of aryl methyl sites for hydroxylation is 1. The molecule has 1 N–H and O–H groups in total. The predicted molar refractivity (Wildman–Crippen MR) is 144 cm³/mol. The van der Waals surface area contributed by atoms with Gasteiger partial charge in [0.15, 0.2) is 0 Å². The maximum absolute atomic E-state index is 13.4. The van der Waals surface area contributed by atoms with E-state index >= 15 is 0 Å². The van der Waals surface area contributed by atoms with Crippen LogP contribution >= 0.6 is 0 Å². The largest absolute Gasteiger partial charge is 0.494 e. The van der Waals surface area contributed by atoms with Crippen LogP contribution in [0.3, 0.4) is 0 Å². The fourth-order valence-corrected chi connectivity index (χ4v) is 4.61. The van der Waals surface area contributed by atoms with Crippen LogP contribution in [0.25, 0.3) is 22.4 Å². The predicted octanol–water partition coefficient (Wildman–Crippen LogP) is 6.01. The fourth-order valence-electron chi connectivity index (χ4n) is 4.61. The Labute approximate surface area is 228 Å². The van der Waals surface area contributed by atoms with Crippen LogP contribution in [0, 0.1) is 0 Å². The van der Waals surface area contributed by atoms with Crippen LogP contribution in [0.2, 0.25) is 0 Å². The van der Waals surface area contributed by atoms with Crippen molar-refractivity contribution in [3.63, 3.8) is 0 Å². The quantitative estimate of drug-likeness (QED) is 0.299. The van der Waals surface area contributed by atoms with Crippen LogP contribution in [-0.2, 0) is 12.6 Å². The Morgan fingerprint density at radius 1 is 1.05 bits per heavy atom. The van der Waals surface area contributed by atoms with E-state index in [9.17, 15) is 18.0 Å². The molecule has 5 rings (SSSR count). The van der Waals surface area contributed by atoms with Gasteiger partial charge in [-0.15, -0.1) is 0 Å². The third-order valence-corrected chi connectivity index (χ3v) is 6.58. The summed E-state index contributed by atoms with van der Waals surface area (Å²) in [6.45, 7) is 6.22. The lowest BCUT2D eigenvalue weighted by Gasteiger charge is -2.35. The normalized spacial score (nSPS) is 14.0. The molecule has 0 bridgehead atoms. The van der Waals surface area contributed by atoms with Crippen molar-refractivity contribution in [3.05, 3.63) is 59.9 Å². The number of piperazine rings is 1. The lowest BCUT2D eigenvalue weighted by atomic mass is 10.1. The van der Waals surface area contributed by atoms with Crippen LogP contribution in [0.15, 0.2) is 53.1 Å². The first-order valence-electron chi connectivity index (χ1n) is 13.1. The summed E-state index contributed by atoms with van der Waals surface area (Å²) in [6.07, 6.45) is -3.09. The molecule has 3 heterocycles. The van der Waals surface area contributed by atoms with Crippen LogP contribution < -0.4 is 15.0 Å². The molecule has 0 saturated carbocycles. The topological polar surface area (TPSA) is 96.6 Å². The Balaban J connectivity index is 1.38. The molecule has 2 aromatic carbocycles. The van der Waals surface area contributed by atoms with Gasteiger partial charge in [0.05, 0.1) is 12.2 Å². The third kappa shape index (κ3) is 5.80. The lowest BCUT2D eigenvalue weighted by molar-refractivity contribution is -0.137. The van der Waals surface area contributed by atoms with Crippen molar-refractivity contribution in [2.75, 3.05) is 43.0 Å². The number of rotatable bonds is 7. The molecule has 1 fully saturated rings. The number of benzene rings is 2. The molecule has 0 unspecified atom stereocenters. The van der Waals surface area contributed by atoms with Crippen molar-refractivity contribution in [3.8, 4) is 17.0 Å². The molecule has 2 aromatic heterocycles. The van der Waals surface area contributed by atoms with E-state index < -0.39 is 11.7 Å². The summed E-state index contributed by atoms with van der Waals surface area (Å²) >= 11 is 0. The van der Waals surface area contributed by atoms with Crippen molar-refractivity contribution in [2.45, 2.75) is 32.9 Å². The highest BCUT2D eigenvalue weighted by Gasteiger charge is 2.32. The minimum atomic E-state index is -4.49.